The van der Waals surface area contributed by atoms with E-state index in [0.717, 1.165) is 0 Å². The molecule has 7 heteroatoms. The predicted molar refractivity (Wildman–Crippen MR) is 66.2 cm³/mol. The van der Waals surface area contributed by atoms with Gasteiger partial charge in [0.25, 0.3) is 0 Å². The second kappa shape index (κ2) is 5.61. The summed E-state index contributed by atoms with van der Waals surface area (Å²) in [5, 5.41) is 8.80. The van der Waals surface area contributed by atoms with Gasteiger partial charge in [0.1, 0.15) is 6.04 Å². The Morgan fingerprint density at radius 3 is 2.65 bits per heavy atom. The number of hydrogen-bond donors (Lipinski definition) is 2. The lowest BCUT2D eigenvalue weighted by molar-refractivity contribution is -0.139. The Bertz CT molecular complexity index is 515. The van der Waals surface area contributed by atoms with E-state index >= 15 is 0 Å². The Morgan fingerprint density at radius 1 is 1.53 bits per heavy atom. The van der Waals surface area contributed by atoms with E-state index in [1.807, 2.05) is 0 Å². The number of sulfonamides is 1. The zero-order valence-corrected chi connectivity index (χ0v) is 11.5. The van der Waals surface area contributed by atoms with Crippen LogP contribution in [0, 0.1) is 0 Å². The Kier molecular flexibility index (Phi) is 4.67. The van der Waals surface area contributed by atoms with Crippen LogP contribution in [0.5, 0.6) is 0 Å². The maximum atomic E-state index is 11.9. The highest BCUT2D eigenvalue weighted by molar-refractivity contribution is 9.10. The van der Waals surface area contributed by atoms with Gasteiger partial charge in [-0.25, -0.2) is 8.42 Å². The highest BCUT2D eigenvalue weighted by atomic mass is 79.9. The smallest absolute Gasteiger partial charge is 0.321 e. The maximum absolute atomic E-state index is 11.9. The molecule has 0 heterocycles. The SMILES string of the molecule is CC[C@@H](NS(=O)(=O)c1cccc(Br)c1)C(=O)O. The van der Waals surface area contributed by atoms with Crippen molar-refractivity contribution in [3.63, 3.8) is 0 Å². The molecule has 1 aromatic rings. The van der Waals surface area contributed by atoms with Crippen molar-refractivity contribution in [1.82, 2.24) is 4.72 Å². The monoisotopic (exact) mass is 321 g/mol. The van der Waals surface area contributed by atoms with E-state index in [2.05, 4.69) is 20.7 Å². The average molecular weight is 322 g/mol. The zero-order chi connectivity index (χ0) is 13.1. The summed E-state index contributed by atoms with van der Waals surface area (Å²) in [5.74, 6) is -1.19. The van der Waals surface area contributed by atoms with Crippen LogP contribution < -0.4 is 4.72 Å². The first kappa shape index (κ1) is 14.1. The van der Waals surface area contributed by atoms with Crippen LogP contribution >= 0.6 is 15.9 Å². The Hall–Kier alpha value is -0.920. The van der Waals surface area contributed by atoms with Gasteiger partial charge in [0.2, 0.25) is 10.0 Å². The average Bonchev–Trinajstić information content (AvgIpc) is 2.25. The molecule has 1 atom stereocenters. The van der Waals surface area contributed by atoms with Crippen molar-refractivity contribution in [2.24, 2.45) is 0 Å². The molecule has 0 radical (unpaired) electrons. The fraction of sp³-hybridized carbons (Fsp3) is 0.300. The van der Waals surface area contributed by atoms with Gasteiger partial charge in [-0.3, -0.25) is 4.79 Å². The molecule has 0 unspecified atom stereocenters. The molecule has 0 aliphatic carbocycles. The van der Waals surface area contributed by atoms with Gasteiger partial charge in [0.05, 0.1) is 4.90 Å². The van der Waals surface area contributed by atoms with Crippen molar-refractivity contribution < 1.29 is 18.3 Å². The summed E-state index contributed by atoms with van der Waals surface area (Å²) in [6.45, 7) is 1.60. The Morgan fingerprint density at radius 2 is 2.18 bits per heavy atom. The molecule has 1 aromatic carbocycles. The van der Waals surface area contributed by atoms with Gasteiger partial charge in [-0.1, -0.05) is 28.9 Å². The molecule has 0 amide bonds. The molecule has 0 aliphatic rings. The topological polar surface area (TPSA) is 83.5 Å². The van der Waals surface area contributed by atoms with Crippen LogP contribution in [0.4, 0.5) is 0 Å². The van der Waals surface area contributed by atoms with Gasteiger partial charge in [-0.05, 0) is 24.6 Å². The lowest BCUT2D eigenvalue weighted by atomic mass is 10.2. The molecule has 94 valence electrons. The minimum atomic E-state index is -3.80. The summed E-state index contributed by atoms with van der Waals surface area (Å²) in [6.07, 6.45) is 0.183. The summed E-state index contributed by atoms with van der Waals surface area (Å²) in [7, 11) is -3.80. The molecule has 17 heavy (non-hydrogen) atoms. The Labute approximate surface area is 108 Å². The van der Waals surface area contributed by atoms with E-state index in [1.165, 1.54) is 12.1 Å². The minimum absolute atomic E-state index is 0.0339. The van der Waals surface area contributed by atoms with E-state index < -0.39 is 22.0 Å². The molecule has 5 nitrogen and oxygen atoms in total. The molecule has 0 saturated carbocycles. The van der Waals surface area contributed by atoms with Gasteiger partial charge in [0, 0.05) is 4.47 Å². The number of carbonyl (C=O) groups is 1. The molecule has 2 N–H and O–H groups in total. The number of halogens is 1. The van der Waals surface area contributed by atoms with Crippen LogP contribution in [-0.2, 0) is 14.8 Å². The minimum Gasteiger partial charge on any atom is -0.480 e. The van der Waals surface area contributed by atoms with Crippen LogP contribution in [0.2, 0.25) is 0 Å². The number of carboxylic acid groups (broad SMARTS) is 1. The summed E-state index contributed by atoms with van der Waals surface area (Å²) < 4.78 is 26.5. The van der Waals surface area contributed by atoms with Crippen molar-refractivity contribution in [3.8, 4) is 0 Å². The summed E-state index contributed by atoms with van der Waals surface area (Å²) >= 11 is 3.16. The van der Waals surface area contributed by atoms with Crippen molar-refractivity contribution in [2.45, 2.75) is 24.3 Å². The van der Waals surface area contributed by atoms with Gasteiger partial charge >= 0.3 is 5.97 Å². The largest absolute Gasteiger partial charge is 0.480 e. The molecule has 0 bridgehead atoms. The molecule has 0 saturated heterocycles. The van der Waals surface area contributed by atoms with Crippen LogP contribution in [0.3, 0.4) is 0 Å². The molecular formula is C10H12BrNO4S. The Balaban J connectivity index is 3.00. The second-order valence-electron chi connectivity index (χ2n) is 3.38. The molecule has 0 fully saturated rings. The molecule has 1 rings (SSSR count). The third-order valence-electron chi connectivity index (χ3n) is 2.11. The highest BCUT2D eigenvalue weighted by Crippen LogP contribution is 2.16. The number of hydrogen-bond acceptors (Lipinski definition) is 3. The van der Waals surface area contributed by atoms with E-state index in [0.29, 0.717) is 4.47 Å². The fourth-order valence-electron chi connectivity index (χ4n) is 1.20. The highest BCUT2D eigenvalue weighted by Gasteiger charge is 2.23. The number of rotatable bonds is 5. The lowest BCUT2D eigenvalue weighted by Crippen LogP contribution is -2.40. The van der Waals surface area contributed by atoms with Crippen molar-refractivity contribution in [1.29, 1.82) is 0 Å². The third kappa shape index (κ3) is 3.79. The number of carboxylic acids is 1. The maximum Gasteiger partial charge on any atom is 0.321 e. The number of nitrogens with one attached hydrogen (secondary N) is 1. The molecule has 0 aromatic heterocycles. The quantitative estimate of drug-likeness (QED) is 0.862. The van der Waals surface area contributed by atoms with Gasteiger partial charge in [0.15, 0.2) is 0 Å². The van der Waals surface area contributed by atoms with Crippen LogP contribution in [0.15, 0.2) is 33.6 Å². The van der Waals surface area contributed by atoms with Crippen LogP contribution in [-0.4, -0.2) is 25.5 Å². The third-order valence-corrected chi connectivity index (χ3v) is 4.07. The summed E-state index contributed by atoms with van der Waals surface area (Å²) in [4.78, 5) is 10.8. The zero-order valence-electron chi connectivity index (χ0n) is 9.05. The first-order valence-corrected chi connectivity index (χ1v) is 7.15. The van der Waals surface area contributed by atoms with E-state index in [-0.39, 0.29) is 11.3 Å². The fourth-order valence-corrected chi connectivity index (χ4v) is 3.07. The van der Waals surface area contributed by atoms with Crippen LogP contribution in [0.25, 0.3) is 0 Å². The van der Waals surface area contributed by atoms with Gasteiger partial charge in [-0.2, -0.15) is 4.72 Å². The van der Waals surface area contributed by atoms with E-state index in [9.17, 15) is 13.2 Å². The summed E-state index contributed by atoms with van der Waals surface area (Å²) in [6, 6.07) is 4.96. The molecular weight excluding hydrogens is 310 g/mol. The van der Waals surface area contributed by atoms with E-state index in [1.54, 1.807) is 19.1 Å². The second-order valence-corrected chi connectivity index (χ2v) is 6.01. The number of aliphatic carboxylic acids is 1. The van der Waals surface area contributed by atoms with Gasteiger partial charge < -0.3 is 5.11 Å². The normalized spacial score (nSPS) is 13.3. The van der Waals surface area contributed by atoms with Crippen molar-refractivity contribution in [2.75, 3.05) is 0 Å². The summed E-state index contributed by atoms with van der Waals surface area (Å²) in [5.41, 5.74) is 0. The number of benzene rings is 1. The standard InChI is InChI=1S/C10H12BrNO4S/c1-2-9(10(13)14)12-17(15,16)8-5-3-4-7(11)6-8/h3-6,9,12H,2H2,1H3,(H,13,14)/t9-/m1/s1. The van der Waals surface area contributed by atoms with Gasteiger partial charge in [-0.15, -0.1) is 0 Å². The lowest BCUT2D eigenvalue weighted by Gasteiger charge is -2.12. The molecule has 0 aliphatic heterocycles. The predicted octanol–water partition coefficient (Wildman–Crippen LogP) is 1.59. The first-order chi connectivity index (χ1) is 7.86. The molecule has 0 spiro atoms. The van der Waals surface area contributed by atoms with Crippen LogP contribution in [0.1, 0.15) is 13.3 Å². The van der Waals surface area contributed by atoms with Crippen molar-refractivity contribution >= 4 is 31.9 Å². The first-order valence-electron chi connectivity index (χ1n) is 4.87. The van der Waals surface area contributed by atoms with E-state index in [4.69, 9.17) is 5.11 Å². The van der Waals surface area contributed by atoms with Crippen molar-refractivity contribution in [3.05, 3.63) is 28.7 Å².